The Labute approximate surface area is 97.5 Å². The Morgan fingerprint density at radius 1 is 1.19 bits per heavy atom. The highest BCUT2D eigenvalue weighted by Crippen LogP contribution is 2.18. The highest BCUT2D eigenvalue weighted by atomic mass is 16.2. The summed E-state index contributed by atoms with van der Waals surface area (Å²) in [7, 11) is 0. The molecule has 0 saturated heterocycles. The second-order valence-electron chi connectivity index (χ2n) is 4.53. The largest absolute Gasteiger partial charge is 0.354 e. The molecule has 0 aromatic rings. The van der Waals surface area contributed by atoms with E-state index in [0.717, 1.165) is 6.42 Å². The Bertz CT molecular complexity index is 283. The molecule has 0 saturated carbocycles. The molecule has 2 amide bonds. The van der Waals surface area contributed by atoms with Gasteiger partial charge < -0.3 is 10.6 Å². The molecule has 0 unspecified atom stereocenters. The highest BCUT2D eigenvalue weighted by molar-refractivity contribution is 5.92. The molecule has 0 aromatic heterocycles. The van der Waals surface area contributed by atoms with E-state index in [-0.39, 0.29) is 17.2 Å². The van der Waals surface area contributed by atoms with Crippen LogP contribution in [-0.2, 0) is 9.59 Å². The Kier molecular flexibility index (Phi) is 5.78. The molecule has 4 heteroatoms. The van der Waals surface area contributed by atoms with Gasteiger partial charge in [-0.3, -0.25) is 9.59 Å². The highest BCUT2D eigenvalue weighted by Gasteiger charge is 2.24. The molecule has 16 heavy (non-hydrogen) atoms. The van der Waals surface area contributed by atoms with Crippen LogP contribution in [0, 0.1) is 5.41 Å². The first kappa shape index (κ1) is 14.7. The summed E-state index contributed by atoms with van der Waals surface area (Å²) in [5.41, 5.74) is 0.124. The van der Waals surface area contributed by atoms with Crippen LogP contribution in [0.25, 0.3) is 0 Å². The molecule has 0 aliphatic heterocycles. The first-order valence-corrected chi connectivity index (χ1v) is 5.53. The van der Waals surface area contributed by atoms with Crippen LogP contribution >= 0.6 is 0 Å². The minimum Gasteiger partial charge on any atom is -0.354 e. The summed E-state index contributed by atoms with van der Waals surface area (Å²) < 4.78 is 0. The molecule has 0 aromatic carbocycles. The van der Waals surface area contributed by atoms with E-state index in [4.69, 9.17) is 0 Å². The summed E-state index contributed by atoms with van der Waals surface area (Å²) in [6, 6.07) is 0. The summed E-state index contributed by atoms with van der Waals surface area (Å²) >= 11 is 0. The van der Waals surface area contributed by atoms with Crippen molar-refractivity contribution in [2.24, 2.45) is 5.41 Å². The lowest BCUT2D eigenvalue weighted by molar-refractivity contribution is -0.129. The van der Waals surface area contributed by atoms with Gasteiger partial charge in [0.15, 0.2) is 0 Å². The SMILES string of the molecule is C=C(C)C(=O)NCCNC(=O)C(C)(C)CC. The molecule has 0 fully saturated rings. The molecule has 4 nitrogen and oxygen atoms in total. The second kappa shape index (κ2) is 6.30. The maximum absolute atomic E-state index is 11.6. The number of carbonyl (C=O) groups excluding carboxylic acids is 2. The zero-order valence-corrected chi connectivity index (χ0v) is 10.6. The zero-order valence-electron chi connectivity index (χ0n) is 10.6. The van der Waals surface area contributed by atoms with Gasteiger partial charge in [0, 0.05) is 24.1 Å². The molecule has 0 heterocycles. The third-order valence-electron chi connectivity index (χ3n) is 2.58. The Morgan fingerprint density at radius 3 is 2.12 bits per heavy atom. The van der Waals surface area contributed by atoms with Crippen LogP contribution in [0.1, 0.15) is 34.1 Å². The van der Waals surface area contributed by atoms with Gasteiger partial charge in [0.2, 0.25) is 11.8 Å². The minimum absolute atomic E-state index is 0.0135. The van der Waals surface area contributed by atoms with Gasteiger partial charge in [-0.25, -0.2) is 0 Å². The second-order valence-corrected chi connectivity index (χ2v) is 4.53. The van der Waals surface area contributed by atoms with Gasteiger partial charge in [-0.15, -0.1) is 0 Å². The molecule has 92 valence electrons. The maximum atomic E-state index is 11.6. The fraction of sp³-hybridized carbons (Fsp3) is 0.667. The van der Waals surface area contributed by atoms with E-state index in [2.05, 4.69) is 17.2 Å². The van der Waals surface area contributed by atoms with Crippen LogP contribution in [0.4, 0.5) is 0 Å². The zero-order chi connectivity index (χ0) is 12.8. The van der Waals surface area contributed by atoms with Crippen molar-refractivity contribution in [3.63, 3.8) is 0 Å². The molecular weight excluding hydrogens is 204 g/mol. The van der Waals surface area contributed by atoms with E-state index in [9.17, 15) is 9.59 Å². The van der Waals surface area contributed by atoms with Gasteiger partial charge in [-0.2, -0.15) is 0 Å². The maximum Gasteiger partial charge on any atom is 0.246 e. The normalized spacial score (nSPS) is 10.8. The lowest BCUT2D eigenvalue weighted by Gasteiger charge is -2.21. The lowest BCUT2D eigenvalue weighted by Crippen LogP contribution is -2.40. The van der Waals surface area contributed by atoms with Crippen LogP contribution < -0.4 is 10.6 Å². The fourth-order valence-corrected chi connectivity index (χ4v) is 0.903. The molecule has 0 aliphatic rings. The standard InChI is InChI=1S/C12H22N2O2/c1-6-12(4,5)11(16)14-8-7-13-10(15)9(2)3/h2,6-8H2,1,3-5H3,(H,13,15)(H,14,16). The third-order valence-corrected chi connectivity index (χ3v) is 2.58. The fourth-order valence-electron chi connectivity index (χ4n) is 0.903. The topological polar surface area (TPSA) is 58.2 Å². The number of carbonyl (C=O) groups is 2. The number of amides is 2. The van der Waals surface area contributed by atoms with E-state index in [1.54, 1.807) is 6.92 Å². The van der Waals surface area contributed by atoms with Crippen molar-refractivity contribution >= 4 is 11.8 Å². The predicted octanol–water partition coefficient (Wildman–Crippen LogP) is 1.23. The van der Waals surface area contributed by atoms with Crippen LogP contribution in [0.3, 0.4) is 0 Å². The minimum atomic E-state index is -0.349. The van der Waals surface area contributed by atoms with Gasteiger partial charge in [-0.05, 0) is 13.3 Å². The average molecular weight is 226 g/mol. The van der Waals surface area contributed by atoms with Crippen molar-refractivity contribution in [1.82, 2.24) is 10.6 Å². The van der Waals surface area contributed by atoms with Gasteiger partial charge in [0.25, 0.3) is 0 Å². The monoisotopic (exact) mass is 226 g/mol. The summed E-state index contributed by atoms with van der Waals surface area (Å²) in [6.45, 7) is 11.8. The number of rotatable bonds is 6. The molecule has 0 bridgehead atoms. The van der Waals surface area contributed by atoms with Gasteiger partial charge in [-0.1, -0.05) is 27.4 Å². The smallest absolute Gasteiger partial charge is 0.246 e. The van der Waals surface area contributed by atoms with Crippen LogP contribution in [0.15, 0.2) is 12.2 Å². The van der Waals surface area contributed by atoms with Crippen molar-refractivity contribution in [1.29, 1.82) is 0 Å². The summed E-state index contributed by atoms with van der Waals surface area (Å²) in [5.74, 6) is -0.163. The van der Waals surface area contributed by atoms with Crippen molar-refractivity contribution in [3.05, 3.63) is 12.2 Å². The van der Waals surface area contributed by atoms with Crippen molar-refractivity contribution in [2.75, 3.05) is 13.1 Å². The predicted molar refractivity (Wildman–Crippen MR) is 64.9 cm³/mol. The van der Waals surface area contributed by atoms with E-state index in [0.29, 0.717) is 18.7 Å². The molecule has 0 atom stereocenters. The molecule has 0 spiro atoms. The Morgan fingerprint density at radius 2 is 1.69 bits per heavy atom. The first-order valence-electron chi connectivity index (χ1n) is 5.53. The van der Waals surface area contributed by atoms with E-state index >= 15 is 0 Å². The summed E-state index contributed by atoms with van der Waals surface area (Å²) in [6.07, 6.45) is 0.789. The molecule has 0 rings (SSSR count). The third kappa shape index (κ3) is 4.96. The van der Waals surface area contributed by atoms with Crippen molar-refractivity contribution in [3.8, 4) is 0 Å². The first-order chi connectivity index (χ1) is 7.31. The number of hydrogen-bond acceptors (Lipinski definition) is 2. The number of nitrogens with one attached hydrogen (secondary N) is 2. The quantitative estimate of drug-likeness (QED) is 0.528. The van der Waals surface area contributed by atoms with E-state index < -0.39 is 0 Å². The average Bonchev–Trinajstić information content (AvgIpc) is 2.23. The number of hydrogen-bond donors (Lipinski definition) is 2. The Hall–Kier alpha value is -1.32. The summed E-state index contributed by atoms with van der Waals surface area (Å²) in [5, 5.41) is 5.44. The molecule has 0 aliphatic carbocycles. The van der Waals surface area contributed by atoms with Crippen LogP contribution in [-0.4, -0.2) is 24.9 Å². The van der Waals surface area contributed by atoms with Crippen molar-refractivity contribution < 1.29 is 9.59 Å². The van der Waals surface area contributed by atoms with Crippen LogP contribution in [0.5, 0.6) is 0 Å². The molecule has 0 radical (unpaired) electrons. The molecule has 2 N–H and O–H groups in total. The van der Waals surface area contributed by atoms with Gasteiger partial charge in [0.1, 0.15) is 0 Å². The van der Waals surface area contributed by atoms with Gasteiger partial charge in [0.05, 0.1) is 0 Å². The summed E-state index contributed by atoms with van der Waals surface area (Å²) in [4.78, 5) is 22.8. The van der Waals surface area contributed by atoms with E-state index in [1.165, 1.54) is 0 Å². The van der Waals surface area contributed by atoms with Crippen LogP contribution in [0.2, 0.25) is 0 Å². The van der Waals surface area contributed by atoms with Gasteiger partial charge >= 0.3 is 0 Å². The molecular formula is C12H22N2O2. The van der Waals surface area contributed by atoms with Crippen molar-refractivity contribution in [2.45, 2.75) is 34.1 Å². The van der Waals surface area contributed by atoms with E-state index in [1.807, 2.05) is 20.8 Å². The lowest BCUT2D eigenvalue weighted by atomic mass is 9.89. The Balaban J connectivity index is 3.80.